The molecule has 33 heavy (non-hydrogen) atoms. The number of aromatic nitrogens is 4. The van der Waals surface area contributed by atoms with E-state index < -0.39 is 0 Å². The molecule has 6 nitrogen and oxygen atoms in total. The lowest BCUT2D eigenvalue weighted by molar-refractivity contribution is 0.649. The van der Waals surface area contributed by atoms with Gasteiger partial charge in [0.2, 0.25) is 0 Å². The first-order valence-corrected chi connectivity index (χ1v) is 11.3. The summed E-state index contributed by atoms with van der Waals surface area (Å²) in [5.41, 5.74) is 8.69. The Morgan fingerprint density at radius 2 is 1.85 bits per heavy atom. The van der Waals surface area contributed by atoms with Crippen LogP contribution in [0.4, 0.5) is 11.4 Å². The summed E-state index contributed by atoms with van der Waals surface area (Å²) in [4.78, 5) is 16.7. The molecule has 3 heterocycles. The van der Waals surface area contributed by atoms with Gasteiger partial charge in [-0.15, -0.1) is 0 Å². The molecule has 0 bridgehead atoms. The molecule has 0 spiro atoms. The Balaban J connectivity index is 1.45. The van der Waals surface area contributed by atoms with Crippen LogP contribution < -0.4 is 10.6 Å². The summed E-state index contributed by atoms with van der Waals surface area (Å²) < 4.78 is 0. The van der Waals surface area contributed by atoms with Gasteiger partial charge in [-0.2, -0.15) is 0 Å². The van der Waals surface area contributed by atoms with Crippen molar-refractivity contribution < 1.29 is 0 Å². The number of H-pyrrole nitrogens is 1. The molecule has 0 atom stereocenters. The van der Waals surface area contributed by atoms with E-state index in [0.717, 1.165) is 56.2 Å². The lowest BCUT2D eigenvalue weighted by Crippen LogP contribution is -2.07. The van der Waals surface area contributed by atoms with Crippen LogP contribution in [0.2, 0.25) is 0 Å². The highest BCUT2D eigenvalue weighted by atomic mass is 14.9. The molecular weight excluding hydrogens is 408 g/mol. The van der Waals surface area contributed by atoms with Crippen molar-refractivity contribution in [3.05, 3.63) is 85.4 Å². The zero-order valence-corrected chi connectivity index (χ0v) is 18.9. The van der Waals surface area contributed by atoms with Crippen molar-refractivity contribution >= 4 is 28.0 Å². The molecule has 1 aliphatic rings. The standard InChI is InChI=1S/C27H28N6/c1-17(27-32-25-10-11-29-16-26(25)33-27)23-13-20(8-9-24(23)28-3)21-12-22(15-30-14-21)31-18(2)19-6-4-5-7-19/h8-16,19,28,31H,1-2,4-7H2,3H3,(H,32,33). The summed E-state index contributed by atoms with van der Waals surface area (Å²) in [6.45, 7) is 8.61. The third-order valence-corrected chi connectivity index (χ3v) is 6.41. The number of nitrogens with one attached hydrogen (secondary N) is 3. The van der Waals surface area contributed by atoms with E-state index in [9.17, 15) is 0 Å². The van der Waals surface area contributed by atoms with E-state index in [1.807, 2.05) is 25.5 Å². The van der Waals surface area contributed by atoms with Crippen molar-refractivity contribution in [3.63, 3.8) is 0 Å². The van der Waals surface area contributed by atoms with Crippen molar-refractivity contribution in [2.75, 3.05) is 17.7 Å². The van der Waals surface area contributed by atoms with Gasteiger partial charge >= 0.3 is 0 Å². The summed E-state index contributed by atoms with van der Waals surface area (Å²) >= 11 is 0. The van der Waals surface area contributed by atoms with Crippen LogP contribution in [0.5, 0.6) is 0 Å². The third kappa shape index (κ3) is 4.24. The molecule has 166 valence electrons. The Morgan fingerprint density at radius 3 is 2.64 bits per heavy atom. The first kappa shape index (κ1) is 20.9. The van der Waals surface area contributed by atoms with Crippen LogP contribution >= 0.6 is 0 Å². The number of pyridine rings is 2. The van der Waals surface area contributed by atoms with Crippen molar-refractivity contribution in [1.82, 2.24) is 19.9 Å². The fourth-order valence-corrected chi connectivity index (χ4v) is 4.55. The fourth-order valence-electron chi connectivity index (χ4n) is 4.55. The number of fused-ring (bicyclic) bond motifs is 1. The zero-order chi connectivity index (χ0) is 22.8. The number of allylic oxidation sites excluding steroid dienone is 1. The second-order valence-corrected chi connectivity index (χ2v) is 8.56. The van der Waals surface area contributed by atoms with Gasteiger partial charge in [-0.05, 0) is 48.6 Å². The van der Waals surface area contributed by atoms with Gasteiger partial charge < -0.3 is 15.6 Å². The molecule has 5 rings (SSSR count). The molecule has 0 unspecified atom stereocenters. The lowest BCUT2D eigenvalue weighted by atomic mass is 9.98. The third-order valence-electron chi connectivity index (χ3n) is 6.41. The van der Waals surface area contributed by atoms with Gasteiger partial charge in [-0.1, -0.05) is 32.1 Å². The monoisotopic (exact) mass is 436 g/mol. The van der Waals surface area contributed by atoms with Crippen LogP contribution in [-0.2, 0) is 0 Å². The Hall–Kier alpha value is -3.93. The van der Waals surface area contributed by atoms with Crippen molar-refractivity contribution in [3.8, 4) is 11.1 Å². The predicted molar refractivity (Wildman–Crippen MR) is 136 cm³/mol. The molecule has 3 aromatic heterocycles. The van der Waals surface area contributed by atoms with Crippen LogP contribution in [-0.4, -0.2) is 27.0 Å². The maximum Gasteiger partial charge on any atom is 0.138 e. The van der Waals surface area contributed by atoms with E-state index in [2.05, 4.69) is 63.0 Å². The van der Waals surface area contributed by atoms with Crippen molar-refractivity contribution in [2.24, 2.45) is 5.92 Å². The lowest BCUT2D eigenvalue weighted by Gasteiger charge is -2.16. The van der Waals surface area contributed by atoms with E-state index in [0.29, 0.717) is 5.92 Å². The summed E-state index contributed by atoms with van der Waals surface area (Å²) in [5, 5.41) is 6.76. The highest BCUT2D eigenvalue weighted by Gasteiger charge is 2.18. The Morgan fingerprint density at radius 1 is 1.00 bits per heavy atom. The first-order valence-electron chi connectivity index (χ1n) is 11.3. The Bertz CT molecular complexity index is 1300. The number of imidazole rings is 1. The van der Waals surface area contributed by atoms with Crippen LogP contribution in [0.25, 0.3) is 27.7 Å². The number of nitrogens with zero attached hydrogens (tertiary/aromatic N) is 3. The molecule has 1 aliphatic carbocycles. The van der Waals surface area contributed by atoms with Crippen molar-refractivity contribution in [2.45, 2.75) is 25.7 Å². The minimum atomic E-state index is 0.553. The van der Waals surface area contributed by atoms with Gasteiger partial charge in [0.05, 0.1) is 29.1 Å². The highest BCUT2D eigenvalue weighted by molar-refractivity contribution is 5.88. The maximum absolute atomic E-state index is 4.70. The average molecular weight is 437 g/mol. The summed E-state index contributed by atoms with van der Waals surface area (Å²) in [6.07, 6.45) is 12.3. The van der Waals surface area contributed by atoms with Gasteiger partial charge in [-0.3, -0.25) is 9.97 Å². The number of benzene rings is 1. The second kappa shape index (κ2) is 8.90. The van der Waals surface area contributed by atoms with E-state index in [-0.39, 0.29) is 0 Å². The Kier molecular flexibility index (Phi) is 5.65. The molecule has 6 heteroatoms. The molecule has 1 saturated carbocycles. The van der Waals surface area contributed by atoms with Gasteiger partial charge in [0.25, 0.3) is 0 Å². The summed E-state index contributed by atoms with van der Waals surface area (Å²) in [7, 11) is 1.91. The minimum absolute atomic E-state index is 0.553. The number of hydrogen-bond donors (Lipinski definition) is 3. The minimum Gasteiger partial charge on any atom is -0.388 e. The summed E-state index contributed by atoms with van der Waals surface area (Å²) in [5.74, 6) is 1.28. The van der Waals surface area contributed by atoms with E-state index >= 15 is 0 Å². The number of anilines is 2. The quantitative estimate of drug-likeness (QED) is 0.320. The molecule has 1 fully saturated rings. The van der Waals surface area contributed by atoms with Gasteiger partial charge in [0.15, 0.2) is 0 Å². The number of aromatic amines is 1. The smallest absolute Gasteiger partial charge is 0.138 e. The first-order chi connectivity index (χ1) is 16.1. The zero-order valence-electron chi connectivity index (χ0n) is 18.9. The van der Waals surface area contributed by atoms with Gasteiger partial charge in [0, 0.05) is 47.5 Å². The molecule has 0 aliphatic heterocycles. The summed E-state index contributed by atoms with van der Waals surface area (Å²) in [6, 6.07) is 10.3. The number of hydrogen-bond acceptors (Lipinski definition) is 5. The molecule has 4 aromatic rings. The van der Waals surface area contributed by atoms with Crippen LogP contribution in [0, 0.1) is 5.92 Å². The van der Waals surface area contributed by atoms with Crippen LogP contribution in [0.1, 0.15) is 37.1 Å². The molecule has 0 amide bonds. The highest BCUT2D eigenvalue weighted by Crippen LogP contribution is 2.34. The predicted octanol–water partition coefficient (Wildman–Crippen LogP) is 6.24. The second-order valence-electron chi connectivity index (χ2n) is 8.56. The Labute approximate surface area is 193 Å². The maximum atomic E-state index is 4.70. The van der Waals surface area contributed by atoms with Gasteiger partial charge in [0.1, 0.15) is 5.82 Å². The SMILES string of the molecule is C=C(c1nc2ccncc2[nH]1)c1cc(-c2cncc(NC(=C)C3CCCC3)c2)ccc1NC. The molecular formula is C27H28N6. The topological polar surface area (TPSA) is 78.5 Å². The largest absolute Gasteiger partial charge is 0.388 e. The molecule has 0 saturated heterocycles. The van der Waals surface area contributed by atoms with Crippen LogP contribution in [0.3, 0.4) is 0 Å². The van der Waals surface area contributed by atoms with Crippen LogP contribution in [0.15, 0.2) is 74.0 Å². The van der Waals surface area contributed by atoms with Crippen molar-refractivity contribution in [1.29, 1.82) is 0 Å². The van der Waals surface area contributed by atoms with Gasteiger partial charge in [-0.25, -0.2) is 4.98 Å². The number of rotatable bonds is 7. The fraction of sp³-hybridized carbons (Fsp3) is 0.222. The average Bonchev–Trinajstić information content (AvgIpc) is 3.53. The molecule has 0 radical (unpaired) electrons. The van der Waals surface area contributed by atoms with E-state index in [4.69, 9.17) is 4.98 Å². The van der Waals surface area contributed by atoms with E-state index in [1.165, 1.54) is 25.7 Å². The molecule has 1 aromatic carbocycles. The normalized spacial score (nSPS) is 13.8. The molecule has 3 N–H and O–H groups in total. The van der Waals surface area contributed by atoms with E-state index in [1.54, 1.807) is 12.4 Å².